The molecule has 41 heteroatoms. The van der Waals surface area contributed by atoms with E-state index in [0.717, 1.165) is 46.1 Å². The molecule has 33 nitrogen and oxygen atoms in total. The van der Waals surface area contributed by atoms with Gasteiger partial charge in [0.1, 0.15) is 61.4 Å². The number of imidazole rings is 1. The molecule has 8 N–H and O–H groups in total. The van der Waals surface area contributed by atoms with Crippen LogP contribution in [0.1, 0.15) is 49.8 Å². The lowest BCUT2D eigenvalue weighted by atomic mass is 10.1. The second-order valence-corrected chi connectivity index (χ2v) is 29.7. The SMILES string of the molecule is COc1cc(S(=O)(=O)O)c2c(c1)nc1c(C#N)c(C)c(N=Nc3cc(C)c(N=Nc4cc(NC(C)=O)c(N=Nc5cc(NC(C)=O)c(N=Nc6ccc(Cl)c(S(=O)(=O)O)c6)cc5SCCCS(=O)(=O)O)cc4SCCCS(=O)(=O)O)cc3OCCCS(=O)(=O)O)c(O)n12. The number of carbonyl (C=O) groups excluding carboxylic acids is 2. The fourth-order valence-corrected chi connectivity index (χ4v) is 13.8. The number of azo groups is 4. The van der Waals surface area contributed by atoms with Crippen molar-refractivity contribution in [3.63, 3.8) is 0 Å². The summed E-state index contributed by atoms with van der Waals surface area (Å²) in [5.74, 6) is -4.18. The summed E-state index contributed by atoms with van der Waals surface area (Å²) >= 11 is 7.98. The van der Waals surface area contributed by atoms with Crippen molar-refractivity contribution in [3.05, 3.63) is 88.4 Å². The number of thioether (sulfide) groups is 2. The van der Waals surface area contributed by atoms with Gasteiger partial charge in [-0.1, -0.05) is 11.6 Å². The van der Waals surface area contributed by atoms with Crippen molar-refractivity contribution in [3.8, 4) is 23.4 Å². The molecule has 93 heavy (non-hydrogen) atoms. The zero-order valence-corrected chi connectivity index (χ0v) is 55.2. The molecule has 0 radical (unpaired) electrons. The van der Waals surface area contributed by atoms with Crippen molar-refractivity contribution < 1.29 is 89.0 Å². The lowest BCUT2D eigenvalue weighted by molar-refractivity contribution is -0.115. The van der Waals surface area contributed by atoms with E-state index in [9.17, 15) is 84.8 Å². The molecule has 0 unspecified atom stereocenters. The number of pyridine rings is 1. The number of aromatic nitrogens is 2. The number of anilines is 2. The Kier molecular flexibility index (Phi) is 23.2. The van der Waals surface area contributed by atoms with Crippen molar-refractivity contribution in [1.82, 2.24) is 9.38 Å². The summed E-state index contributed by atoms with van der Waals surface area (Å²) in [6, 6.07) is 15.7. The van der Waals surface area contributed by atoms with Crippen LogP contribution in [0, 0.1) is 25.2 Å². The molecule has 2 aromatic heterocycles. The van der Waals surface area contributed by atoms with E-state index in [0.29, 0.717) is 5.56 Å². The monoisotopic (exact) mass is 1440 g/mol. The summed E-state index contributed by atoms with van der Waals surface area (Å²) < 4.78 is 180. The van der Waals surface area contributed by atoms with Crippen LogP contribution in [0.15, 0.2) is 127 Å². The minimum Gasteiger partial charge on any atom is -0.497 e. The van der Waals surface area contributed by atoms with Gasteiger partial charge in [-0.3, -0.25) is 36.8 Å². The van der Waals surface area contributed by atoms with Crippen molar-refractivity contribution in [2.75, 3.05) is 53.1 Å². The van der Waals surface area contributed by atoms with Gasteiger partial charge in [-0.15, -0.1) is 54.2 Å². The van der Waals surface area contributed by atoms with E-state index in [-0.39, 0.29) is 148 Å². The second-order valence-electron chi connectivity index (χ2n) is 19.5. The van der Waals surface area contributed by atoms with E-state index in [1.54, 1.807) is 6.92 Å². The lowest BCUT2D eigenvalue weighted by Crippen LogP contribution is -2.08. The quantitative estimate of drug-likeness (QED) is 0.00977. The number of hydrogen-bond donors (Lipinski definition) is 8. The molecule has 0 aliphatic carbocycles. The highest BCUT2D eigenvalue weighted by Gasteiger charge is 2.28. The average molecular weight is 1440 g/mol. The first-order chi connectivity index (χ1) is 43.4. The maximum absolute atomic E-state index is 12.8. The van der Waals surface area contributed by atoms with Crippen LogP contribution in [-0.4, -0.2) is 134 Å². The molecule has 0 bridgehead atoms. The van der Waals surface area contributed by atoms with E-state index in [1.165, 1.54) is 76.4 Å². The molecule has 0 aliphatic rings. The Bertz CT molecular complexity index is 4930. The van der Waals surface area contributed by atoms with Gasteiger partial charge in [0.25, 0.3) is 50.6 Å². The van der Waals surface area contributed by atoms with Gasteiger partial charge < -0.3 is 25.2 Å². The van der Waals surface area contributed by atoms with E-state index >= 15 is 0 Å². The summed E-state index contributed by atoms with van der Waals surface area (Å²) in [4.78, 5) is 28.8. The molecule has 0 aliphatic heterocycles. The Morgan fingerprint density at radius 3 is 1.65 bits per heavy atom. The number of hydrogen-bond acceptors (Lipinski definition) is 27. The summed E-state index contributed by atoms with van der Waals surface area (Å²) in [7, 11) is -21.9. The highest BCUT2D eigenvalue weighted by atomic mass is 35.5. The number of nitrogens with zero attached hydrogens (tertiary/aromatic N) is 11. The third kappa shape index (κ3) is 19.7. The zero-order valence-electron chi connectivity index (χ0n) is 48.8. The maximum atomic E-state index is 12.8. The number of methoxy groups -OCH3 is 1. The zero-order chi connectivity index (χ0) is 68.5. The van der Waals surface area contributed by atoms with Gasteiger partial charge in [0.05, 0.1) is 69.8 Å². The van der Waals surface area contributed by atoms with Crippen LogP contribution in [0.5, 0.6) is 17.4 Å². The third-order valence-corrected chi connectivity index (χ3v) is 19.3. The smallest absolute Gasteiger partial charge is 0.296 e. The largest absolute Gasteiger partial charge is 0.497 e. The number of ether oxygens (including phenoxy) is 2. The fraction of sp³-hybridized carbons (Fsp3) is 0.269. The summed E-state index contributed by atoms with van der Waals surface area (Å²) in [5.41, 5.74) is -1.34. The summed E-state index contributed by atoms with van der Waals surface area (Å²) in [5, 5.41) is 61.6. The van der Waals surface area contributed by atoms with Crippen molar-refractivity contribution in [2.24, 2.45) is 40.9 Å². The number of nitrogens with one attached hydrogen (secondary N) is 2. The predicted molar refractivity (Wildman–Crippen MR) is 341 cm³/mol. The van der Waals surface area contributed by atoms with Gasteiger partial charge in [0.15, 0.2) is 11.3 Å². The molecule has 0 atom stereocenters. The van der Waals surface area contributed by atoms with Crippen LogP contribution in [0.25, 0.3) is 16.7 Å². The minimum atomic E-state index is -5.03. The average Bonchev–Trinajstić information content (AvgIpc) is 1.59. The van der Waals surface area contributed by atoms with Gasteiger partial charge in [-0.05, 0) is 98.7 Å². The number of amides is 2. The van der Waals surface area contributed by atoms with E-state index in [1.807, 2.05) is 6.07 Å². The van der Waals surface area contributed by atoms with Gasteiger partial charge in [-0.2, -0.15) is 57.6 Å². The minimum absolute atomic E-state index is 0.00717. The third-order valence-electron chi connectivity index (χ3n) is 12.4. The molecule has 0 fully saturated rings. The number of aromatic hydroxyl groups is 1. The van der Waals surface area contributed by atoms with Crippen LogP contribution in [0.2, 0.25) is 5.02 Å². The number of aryl methyl sites for hydroxylation is 1. The van der Waals surface area contributed by atoms with Gasteiger partial charge in [0.2, 0.25) is 17.7 Å². The first-order valence-corrected chi connectivity index (χ1v) is 36.4. The van der Waals surface area contributed by atoms with E-state index in [4.69, 9.17) is 21.1 Å². The Morgan fingerprint density at radius 2 is 1.14 bits per heavy atom. The number of halogens is 1. The van der Waals surface area contributed by atoms with E-state index < -0.39 is 95.3 Å². The first-order valence-electron chi connectivity index (χ1n) is 26.3. The van der Waals surface area contributed by atoms with Crippen LogP contribution in [0.3, 0.4) is 0 Å². The Balaban J connectivity index is 1.35. The van der Waals surface area contributed by atoms with Crippen molar-refractivity contribution in [2.45, 2.75) is 66.5 Å². The molecular weight excluding hydrogens is 1390 g/mol. The lowest BCUT2D eigenvalue weighted by Gasteiger charge is -2.13. The summed E-state index contributed by atoms with van der Waals surface area (Å²) in [6.07, 6.45) is -0.448. The fourth-order valence-electron chi connectivity index (χ4n) is 8.31. The van der Waals surface area contributed by atoms with Gasteiger partial charge in [-0.25, -0.2) is 4.98 Å². The van der Waals surface area contributed by atoms with Crippen LogP contribution < -0.4 is 20.1 Å². The van der Waals surface area contributed by atoms with Gasteiger partial charge >= 0.3 is 0 Å². The van der Waals surface area contributed by atoms with Crippen LogP contribution in [0.4, 0.5) is 56.9 Å². The molecular formula is C52H52ClN13O20S7. The Labute approximate surface area is 543 Å². The standard InChI is InChI=1S/C52H52ClN13O20S7/c1-27-17-40(62-65-49-28(2)33(26-54)51-57-43-19-32(85-5)20-48(93(82,83)84)50(43)66(51)52(49)69)44(86-11-6-14-89(70,71)72)23-35(27)59-63-41-22-37(56-30(4)68)39(25-46(41)88-13-8-16-91(76,77)78)61-64-42-21-36(55-29(3)67)38(24-45(42)87-12-7-15-90(73,74)75)60-58-31-9-10-34(53)47(18-31)92(79,80)81/h9-10,17-25,69H,6-8,11-16H2,1-5H3,(H,55,67)(H,56,68)(H,70,71,72)(H,73,74,75)(H,76,77,78)(H,79,80,81)(H,82,83,84). The van der Waals surface area contributed by atoms with Crippen LogP contribution in [-0.2, 0) is 60.2 Å². The molecule has 0 saturated carbocycles. The number of nitriles is 1. The normalized spacial score (nSPS) is 12.7. The second kappa shape index (κ2) is 29.8. The molecule has 7 aromatic rings. The molecule has 0 spiro atoms. The summed E-state index contributed by atoms with van der Waals surface area (Å²) in [6.45, 7) is 4.91. The molecule has 2 heterocycles. The number of benzene rings is 5. The predicted octanol–water partition coefficient (Wildman–Crippen LogP) is 11.8. The van der Waals surface area contributed by atoms with Crippen molar-refractivity contribution >= 4 is 171 Å². The topological polar surface area (TPSA) is 509 Å². The molecule has 5 aromatic carbocycles. The highest BCUT2D eigenvalue weighted by Crippen LogP contribution is 2.46. The first kappa shape index (κ1) is 72.2. The number of rotatable bonds is 28. The number of carbonyl (C=O) groups is 2. The van der Waals surface area contributed by atoms with Crippen LogP contribution >= 0.6 is 35.1 Å². The Morgan fingerprint density at radius 1 is 0.634 bits per heavy atom. The molecule has 7 rings (SSSR count). The maximum Gasteiger partial charge on any atom is 0.296 e. The number of fused-ring (bicyclic) bond motifs is 3. The molecule has 0 saturated heterocycles. The van der Waals surface area contributed by atoms with Crippen molar-refractivity contribution in [1.29, 1.82) is 5.26 Å². The molecule has 494 valence electrons. The van der Waals surface area contributed by atoms with E-state index in [2.05, 4.69) is 56.5 Å². The molecule has 2 amide bonds. The highest BCUT2D eigenvalue weighted by molar-refractivity contribution is 7.99. The Hall–Kier alpha value is -8.18. The van der Waals surface area contributed by atoms with Gasteiger partial charge in [0, 0.05) is 47.4 Å².